The summed E-state index contributed by atoms with van der Waals surface area (Å²) >= 11 is 0. The van der Waals surface area contributed by atoms with Crippen molar-refractivity contribution in [2.24, 2.45) is 0 Å². The fraction of sp³-hybridized carbons (Fsp3) is 0.100. The van der Waals surface area contributed by atoms with Gasteiger partial charge in [0.05, 0.1) is 21.9 Å². The van der Waals surface area contributed by atoms with Gasteiger partial charge in [-0.15, -0.1) is 0 Å². The fourth-order valence-corrected chi connectivity index (χ4v) is 6.08. The van der Waals surface area contributed by atoms with Crippen molar-refractivity contribution < 1.29 is 0 Å². The SMILES string of the molecule is C=C/C=C\c1c(=C/C(C)=C/c2c(C)c(=C)c3c(/C=C\C)/c(=C/C=C\C)c(=C)n23)/c(=C\C=C)n2c1c(=C)c1ccccc12. The van der Waals surface area contributed by atoms with Gasteiger partial charge in [0, 0.05) is 43.2 Å². The Morgan fingerprint density at radius 1 is 0.786 bits per heavy atom. The van der Waals surface area contributed by atoms with Gasteiger partial charge in [0.15, 0.2) is 0 Å². The van der Waals surface area contributed by atoms with E-state index in [2.05, 4.69) is 128 Å². The second-order valence-corrected chi connectivity index (χ2v) is 10.6. The van der Waals surface area contributed by atoms with E-state index < -0.39 is 0 Å². The number of hydrogen-bond acceptors (Lipinski definition) is 0. The molecule has 2 heteroatoms. The summed E-state index contributed by atoms with van der Waals surface area (Å²) in [4.78, 5) is 0. The van der Waals surface area contributed by atoms with Crippen LogP contribution in [0.5, 0.6) is 0 Å². The summed E-state index contributed by atoms with van der Waals surface area (Å²) in [5.41, 5.74) is 8.95. The Morgan fingerprint density at radius 2 is 1.50 bits per heavy atom. The lowest BCUT2D eigenvalue weighted by Gasteiger charge is -2.00. The number of para-hydroxylation sites is 1. The Morgan fingerprint density at radius 3 is 2.19 bits per heavy atom. The number of benzene rings is 1. The lowest BCUT2D eigenvalue weighted by molar-refractivity contribution is 1.13. The number of rotatable bonds is 7. The highest BCUT2D eigenvalue weighted by molar-refractivity contribution is 5.93. The van der Waals surface area contributed by atoms with Crippen LogP contribution in [0.25, 0.3) is 78.1 Å². The molecule has 42 heavy (non-hydrogen) atoms. The minimum Gasteiger partial charge on any atom is -0.309 e. The molecule has 0 fully saturated rings. The van der Waals surface area contributed by atoms with Gasteiger partial charge in [-0.2, -0.15) is 0 Å². The van der Waals surface area contributed by atoms with E-state index in [1.165, 1.54) is 0 Å². The molecule has 5 rings (SSSR count). The van der Waals surface area contributed by atoms with Crippen molar-refractivity contribution in [1.29, 1.82) is 0 Å². The van der Waals surface area contributed by atoms with E-state index in [0.29, 0.717) is 0 Å². The first-order valence-corrected chi connectivity index (χ1v) is 14.3. The van der Waals surface area contributed by atoms with Gasteiger partial charge in [-0.3, -0.25) is 0 Å². The Labute approximate surface area is 247 Å². The van der Waals surface area contributed by atoms with Crippen molar-refractivity contribution in [3.05, 3.63) is 133 Å². The molecule has 0 aliphatic heterocycles. The maximum absolute atomic E-state index is 4.51. The van der Waals surface area contributed by atoms with Crippen LogP contribution in [0.2, 0.25) is 0 Å². The van der Waals surface area contributed by atoms with E-state index in [4.69, 9.17) is 0 Å². The van der Waals surface area contributed by atoms with Crippen LogP contribution in [-0.4, -0.2) is 8.80 Å². The van der Waals surface area contributed by atoms with Crippen LogP contribution in [0, 0.1) is 6.92 Å². The largest absolute Gasteiger partial charge is 0.309 e. The highest BCUT2D eigenvalue weighted by Crippen LogP contribution is 2.18. The van der Waals surface area contributed by atoms with Crippen molar-refractivity contribution in [3.8, 4) is 0 Å². The van der Waals surface area contributed by atoms with Gasteiger partial charge in [0.2, 0.25) is 0 Å². The van der Waals surface area contributed by atoms with Crippen LogP contribution in [0.1, 0.15) is 43.2 Å². The molecule has 0 spiro atoms. The van der Waals surface area contributed by atoms with E-state index in [1.54, 1.807) is 0 Å². The Balaban J connectivity index is 1.90. The smallest absolute Gasteiger partial charge is 0.0614 e. The molecule has 0 aliphatic rings. The molecular weight excluding hydrogens is 508 g/mol. The van der Waals surface area contributed by atoms with E-state index in [-0.39, 0.29) is 0 Å². The third-order valence-electron chi connectivity index (χ3n) is 7.95. The van der Waals surface area contributed by atoms with Crippen LogP contribution < -0.4 is 31.6 Å². The van der Waals surface area contributed by atoms with Gasteiger partial charge in [-0.1, -0.05) is 106 Å². The van der Waals surface area contributed by atoms with Crippen molar-refractivity contribution >= 4 is 78.1 Å². The molecule has 0 N–H and O–H groups in total. The minimum atomic E-state index is 0.958. The van der Waals surface area contributed by atoms with Crippen molar-refractivity contribution in [2.45, 2.75) is 27.7 Å². The maximum Gasteiger partial charge on any atom is 0.0614 e. The highest BCUT2D eigenvalue weighted by atomic mass is 14.9. The summed E-state index contributed by atoms with van der Waals surface area (Å²) in [6.45, 7) is 29.8. The normalized spacial score (nSPS) is 14.5. The summed E-state index contributed by atoms with van der Waals surface area (Å²) in [5.74, 6) is 0. The van der Waals surface area contributed by atoms with Crippen LogP contribution in [0.4, 0.5) is 0 Å². The zero-order valence-corrected chi connectivity index (χ0v) is 25.2. The molecule has 4 aromatic heterocycles. The van der Waals surface area contributed by atoms with Gasteiger partial charge in [0.25, 0.3) is 0 Å². The minimum absolute atomic E-state index is 0.958. The number of allylic oxidation sites excluding steroid dienone is 7. The topological polar surface area (TPSA) is 8.82 Å². The Kier molecular flexibility index (Phi) is 7.74. The van der Waals surface area contributed by atoms with E-state index in [0.717, 1.165) is 81.5 Å². The van der Waals surface area contributed by atoms with Gasteiger partial charge in [-0.05, 0) is 68.3 Å². The fourth-order valence-electron chi connectivity index (χ4n) is 6.08. The maximum atomic E-state index is 4.51. The average molecular weight is 547 g/mol. The molecular formula is C40H38N2. The summed E-state index contributed by atoms with van der Waals surface area (Å²) in [6, 6.07) is 8.42. The zero-order valence-electron chi connectivity index (χ0n) is 25.2. The molecule has 5 aromatic rings. The summed E-state index contributed by atoms with van der Waals surface area (Å²) in [7, 11) is 0. The Hall–Kier alpha value is -5.08. The summed E-state index contributed by atoms with van der Waals surface area (Å²) in [5, 5.41) is 7.44. The lowest BCUT2D eigenvalue weighted by atomic mass is 10.1. The van der Waals surface area contributed by atoms with Crippen LogP contribution in [-0.2, 0) is 0 Å². The molecule has 0 radical (unpaired) electrons. The predicted octanol–water partition coefficient (Wildman–Crippen LogP) is 5.76. The van der Waals surface area contributed by atoms with Gasteiger partial charge >= 0.3 is 0 Å². The molecule has 1 aromatic carbocycles. The summed E-state index contributed by atoms with van der Waals surface area (Å²) < 4.78 is 4.56. The van der Waals surface area contributed by atoms with Gasteiger partial charge in [0.1, 0.15) is 0 Å². The molecule has 0 saturated heterocycles. The average Bonchev–Trinajstić information content (AvgIpc) is 3.61. The monoisotopic (exact) mass is 546 g/mol. The van der Waals surface area contributed by atoms with Crippen LogP contribution in [0.3, 0.4) is 0 Å². The number of hydrogen-bond donors (Lipinski definition) is 0. The van der Waals surface area contributed by atoms with Crippen LogP contribution in [0.15, 0.2) is 79.5 Å². The van der Waals surface area contributed by atoms with Crippen molar-refractivity contribution in [1.82, 2.24) is 8.80 Å². The van der Waals surface area contributed by atoms with Crippen molar-refractivity contribution in [2.75, 3.05) is 0 Å². The summed E-state index contributed by atoms with van der Waals surface area (Å²) in [6.07, 6.45) is 24.8. The third-order valence-corrected chi connectivity index (χ3v) is 7.95. The first kappa shape index (κ1) is 28.4. The number of fused-ring (bicyclic) bond motifs is 4. The molecule has 0 unspecified atom stereocenters. The first-order valence-electron chi connectivity index (χ1n) is 14.3. The van der Waals surface area contributed by atoms with Gasteiger partial charge < -0.3 is 8.80 Å². The highest BCUT2D eigenvalue weighted by Gasteiger charge is 2.16. The third kappa shape index (κ3) is 4.37. The van der Waals surface area contributed by atoms with Gasteiger partial charge in [-0.25, -0.2) is 0 Å². The zero-order chi connectivity index (χ0) is 30.1. The molecule has 0 atom stereocenters. The second kappa shape index (κ2) is 11.4. The van der Waals surface area contributed by atoms with Crippen molar-refractivity contribution in [3.63, 3.8) is 0 Å². The van der Waals surface area contributed by atoms with E-state index >= 15 is 0 Å². The number of nitrogens with zero attached hydrogens (tertiary/aromatic N) is 2. The Bertz CT molecular complexity index is 2360. The second-order valence-electron chi connectivity index (χ2n) is 10.6. The molecule has 0 bridgehead atoms. The molecule has 0 amide bonds. The number of aromatic nitrogens is 2. The predicted molar refractivity (Wildman–Crippen MR) is 189 cm³/mol. The lowest BCUT2D eigenvalue weighted by Crippen LogP contribution is -2.27. The quantitative estimate of drug-likeness (QED) is 0.230. The molecule has 2 nitrogen and oxygen atoms in total. The van der Waals surface area contributed by atoms with Crippen LogP contribution >= 0.6 is 0 Å². The van der Waals surface area contributed by atoms with E-state index in [1.807, 2.05) is 38.2 Å². The molecule has 0 saturated carbocycles. The molecule has 208 valence electrons. The molecule has 0 aliphatic carbocycles. The van der Waals surface area contributed by atoms with E-state index in [9.17, 15) is 0 Å². The first-order chi connectivity index (χ1) is 20.3. The standard InChI is InChI=1S/C40H38N2/c1-10-14-20-32-30(9)41-38(27(6)28(7)39(41)33(32)18-12-3)25-26(5)24-35-34(21-15-11-2)40-29(8)31-22-16-17-23-37(31)42(40)36(35)19-13-4/h10-25H,2,4,7-9H2,1,3,5-6H3/b14-10-,18-12-,21-15-,26-25+,32-20+,35-24-,36-19+. The molecule has 4 heterocycles.